The van der Waals surface area contributed by atoms with E-state index in [4.69, 9.17) is 5.73 Å². The molecule has 0 fully saturated rings. The molecule has 0 saturated carbocycles. The van der Waals surface area contributed by atoms with Crippen molar-refractivity contribution in [2.24, 2.45) is 7.05 Å². The average molecular weight is 270 g/mol. The topological polar surface area (TPSA) is 108 Å². The maximum absolute atomic E-state index is 12.1. The molecule has 0 radical (unpaired) electrons. The van der Waals surface area contributed by atoms with Crippen LogP contribution in [0.5, 0.6) is 0 Å². The van der Waals surface area contributed by atoms with Gasteiger partial charge < -0.3 is 5.73 Å². The van der Waals surface area contributed by atoms with Crippen molar-refractivity contribution in [3.8, 4) is 0 Å². The molecule has 0 aliphatic carbocycles. The van der Waals surface area contributed by atoms with Gasteiger partial charge in [-0.2, -0.15) is 10.2 Å². The molecule has 2 heterocycles. The maximum atomic E-state index is 12.1. The Morgan fingerprint density at radius 1 is 1.44 bits per heavy atom. The van der Waals surface area contributed by atoms with Gasteiger partial charge in [0.1, 0.15) is 4.90 Å². The van der Waals surface area contributed by atoms with Gasteiger partial charge in [0.25, 0.3) is 10.0 Å². The Bertz CT molecular complexity index is 656. The first-order valence-corrected chi connectivity index (χ1v) is 6.75. The van der Waals surface area contributed by atoms with Gasteiger partial charge >= 0.3 is 0 Å². The van der Waals surface area contributed by atoms with Crippen LogP contribution in [0.15, 0.2) is 23.5 Å². The van der Waals surface area contributed by atoms with Gasteiger partial charge in [0.05, 0.1) is 11.9 Å². The van der Waals surface area contributed by atoms with E-state index in [0.717, 1.165) is 0 Å². The van der Waals surface area contributed by atoms with E-state index in [1.807, 2.05) is 6.92 Å². The first-order valence-electron chi connectivity index (χ1n) is 5.27. The average Bonchev–Trinajstić information content (AvgIpc) is 2.84. The van der Waals surface area contributed by atoms with Gasteiger partial charge in [-0.1, -0.05) is 0 Å². The molecule has 0 aliphatic heterocycles. The Hall–Kier alpha value is -2.03. The number of aryl methyl sites for hydroxylation is 2. The van der Waals surface area contributed by atoms with Crippen molar-refractivity contribution in [1.82, 2.24) is 19.6 Å². The minimum Gasteiger partial charge on any atom is -0.381 e. The Morgan fingerprint density at radius 2 is 2.17 bits per heavy atom. The number of nitrogens with zero attached hydrogens (tertiary/aromatic N) is 4. The predicted octanol–water partition coefficient (Wildman–Crippen LogP) is 0.0195. The molecule has 0 unspecified atom stereocenters. The van der Waals surface area contributed by atoms with Crippen molar-refractivity contribution in [3.63, 3.8) is 0 Å². The number of rotatable bonds is 4. The molecule has 2 rings (SSSR count). The van der Waals surface area contributed by atoms with Crippen LogP contribution in [0.2, 0.25) is 0 Å². The van der Waals surface area contributed by atoms with Crippen LogP contribution in [0.3, 0.4) is 0 Å². The lowest BCUT2D eigenvalue weighted by Gasteiger charge is -2.03. The van der Waals surface area contributed by atoms with E-state index in [1.165, 1.54) is 21.8 Å². The van der Waals surface area contributed by atoms with Crippen molar-refractivity contribution in [1.29, 1.82) is 0 Å². The Labute approximate surface area is 104 Å². The zero-order valence-corrected chi connectivity index (χ0v) is 10.8. The number of nitrogens with one attached hydrogen (secondary N) is 1. The van der Waals surface area contributed by atoms with E-state index >= 15 is 0 Å². The number of hydrogen-bond acceptors (Lipinski definition) is 5. The van der Waals surface area contributed by atoms with Gasteiger partial charge in [-0.05, 0) is 6.92 Å². The van der Waals surface area contributed by atoms with Crippen molar-refractivity contribution >= 4 is 21.5 Å². The molecule has 0 bridgehead atoms. The molecular formula is C9H14N6O2S. The van der Waals surface area contributed by atoms with Crippen LogP contribution in [-0.2, 0) is 23.6 Å². The molecule has 18 heavy (non-hydrogen) atoms. The van der Waals surface area contributed by atoms with E-state index < -0.39 is 10.0 Å². The molecule has 0 saturated heterocycles. The van der Waals surface area contributed by atoms with Gasteiger partial charge in [-0.25, -0.2) is 8.42 Å². The summed E-state index contributed by atoms with van der Waals surface area (Å²) in [6, 6.07) is 0. The summed E-state index contributed by atoms with van der Waals surface area (Å²) in [7, 11) is -2.04. The van der Waals surface area contributed by atoms with Gasteiger partial charge in [0, 0.05) is 26.0 Å². The SMILES string of the molecule is CCn1cc(S(=O)(=O)Nc2cnn(C)c2)c(N)n1. The zero-order chi connectivity index (χ0) is 13.3. The van der Waals surface area contributed by atoms with Gasteiger partial charge in [-0.15, -0.1) is 0 Å². The van der Waals surface area contributed by atoms with Crippen LogP contribution in [0.25, 0.3) is 0 Å². The van der Waals surface area contributed by atoms with Crippen LogP contribution < -0.4 is 10.5 Å². The highest BCUT2D eigenvalue weighted by Gasteiger charge is 2.21. The molecule has 3 N–H and O–H groups in total. The van der Waals surface area contributed by atoms with Crippen molar-refractivity contribution in [2.75, 3.05) is 10.5 Å². The highest BCUT2D eigenvalue weighted by Crippen LogP contribution is 2.19. The molecule has 2 aromatic rings. The highest BCUT2D eigenvalue weighted by molar-refractivity contribution is 7.92. The van der Waals surface area contributed by atoms with Gasteiger partial charge in [-0.3, -0.25) is 14.1 Å². The van der Waals surface area contributed by atoms with E-state index in [9.17, 15) is 8.42 Å². The summed E-state index contributed by atoms with van der Waals surface area (Å²) in [5.74, 6) is -0.0201. The number of anilines is 2. The summed E-state index contributed by atoms with van der Waals surface area (Å²) >= 11 is 0. The minimum atomic E-state index is -3.73. The summed E-state index contributed by atoms with van der Waals surface area (Å²) < 4.78 is 29.5. The van der Waals surface area contributed by atoms with E-state index in [0.29, 0.717) is 12.2 Å². The molecule has 0 aliphatic rings. The number of sulfonamides is 1. The monoisotopic (exact) mass is 270 g/mol. The number of aromatic nitrogens is 4. The summed E-state index contributed by atoms with van der Waals surface area (Å²) in [5, 5.41) is 7.77. The fourth-order valence-corrected chi connectivity index (χ4v) is 2.57. The molecule has 2 aromatic heterocycles. The highest BCUT2D eigenvalue weighted by atomic mass is 32.2. The fourth-order valence-electron chi connectivity index (χ4n) is 1.47. The molecule has 9 heteroatoms. The van der Waals surface area contributed by atoms with Crippen molar-refractivity contribution in [3.05, 3.63) is 18.6 Å². The van der Waals surface area contributed by atoms with Crippen LogP contribution in [0.4, 0.5) is 11.5 Å². The van der Waals surface area contributed by atoms with E-state index in [2.05, 4.69) is 14.9 Å². The third-order valence-corrected chi connectivity index (χ3v) is 3.72. The second-order valence-corrected chi connectivity index (χ2v) is 5.39. The second kappa shape index (κ2) is 4.33. The summed E-state index contributed by atoms with van der Waals surface area (Å²) in [6.45, 7) is 2.39. The second-order valence-electron chi connectivity index (χ2n) is 3.74. The van der Waals surface area contributed by atoms with Crippen LogP contribution in [-0.4, -0.2) is 28.0 Å². The molecule has 0 aromatic carbocycles. The normalized spacial score (nSPS) is 11.7. The number of nitrogen functional groups attached to an aromatic ring is 1. The molecule has 0 atom stereocenters. The molecular weight excluding hydrogens is 256 g/mol. The lowest BCUT2D eigenvalue weighted by molar-refractivity contribution is 0.600. The van der Waals surface area contributed by atoms with Gasteiger partial charge in [0.2, 0.25) is 0 Å². The molecule has 98 valence electrons. The van der Waals surface area contributed by atoms with Gasteiger partial charge in [0.15, 0.2) is 5.82 Å². The summed E-state index contributed by atoms with van der Waals surface area (Å²) in [5.41, 5.74) is 5.97. The van der Waals surface area contributed by atoms with E-state index in [1.54, 1.807) is 13.2 Å². The fraction of sp³-hybridized carbons (Fsp3) is 0.333. The third kappa shape index (κ3) is 2.30. The minimum absolute atomic E-state index is 0.0201. The lowest BCUT2D eigenvalue weighted by atomic mass is 10.6. The first-order chi connectivity index (χ1) is 8.42. The van der Waals surface area contributed by atoms with Crippen molar-refractivity contribution in [2.45, 2.75) is 18.4 Å². The summed E-state index contributed by atoms with van der Waals surface area (Å²) in [6.07, 6.45) is 4.37. The quantitative estimate of drug-likeness (QED) is 0.814. The van der Waals surface area contributed by atoms with Crippen LogP contribution in [0.1, 0.15) is 6.92 Å². The summed E-state index contributed by atoms with van der Waals surface area (Å²) in [4.78, 5) is -0.0341. The number of hydrogen-bond donors (Lipinski definition) is 2. The van der Waals surface area contributed by atoms with Crippen LogP contribution in [0, 0.1) is 0 Å². The predicted molar refractivity (Wildman–Crippen MR) is 66.3 cm³/mol. The first kappa shape index (κ1) is 12.4. The molecule has 0 spiro atoms. The third-order valence-electron chi connectivity index (χ3n) is 2.33. The standard InChI is InChI=1S/C9H14N6O2S/c1-3-15-6-8(9(10)12-15)18(16,17)13-7-4-11-14(2)5-7/h4-6,13H,3H2,1-2H3,(H2,10,12). The molecule has 0 amide bonds. The van der Waals surface area contributed by atoms with Crippen molar-refractivity contribution < 1.29 is 8.42 Å². The largest absolute Gasteiger partial charge is 0.381 e. The lowest BCUT2D eigenvalue weighted by Crippen LogP contribution is -2.13. The number of nitrogens with two attached hydrogens (primary N) is 1. The Kier molecular flexibility index (Phi) is 2.99. The Balaban J connectivity index is 2.33. The smallest absolute Gasteiger partial charge is 0.267 e. The maximum Gasteiger partial charge on any atom is 0.267 e. The Morgan fingerprint density at radius 3 is 2.67 bits per heavy atom. The zero-order valence-electron chi connectivity index (χ0n) is 10.0. The van der Waals surface area contributed by atoms with E-state index in [-0.39, 0.29) is 10.7 Å². The van der Waals surface area contributed by atoms with Crippen LogP contribution >= 0.6 is 0 Å². The molecule has 8 nitrogen and oxygen atoms in total.